The quantitative estimate of drug-likeness (QED) is 0.851. The number of rotatable bonds is 5. The Kier molecular flexibility index (Phi) is 3.48. The fourth-order valence-electron chi connectivity index (χ4n) is 3.19. The third-order valence-electron chi connectivity index (χ3n) is 4.55. The summed E-state index contributed by atoms with van der Waals surface area (Å²) in [5, 5.41) is 0. The fraction of sp³-hybridized carbons (Fsp3) is 0.389. The molecule has 0 unspecified atom stereocenters. The molecule has 5 heteroatoms. The summed E-state index contributed by atoms with van der Waals surface area (Å²) in [6.45, 7) is 3.46. The standard InChI is InChI=1S/C18H19NO4/c1-2-19(10-12-5-3-6-16-17(12)23-11-22-16)18(20)14-9-13(14)15-7-4-8-21-15/h3-8,13-14H,2,9-11H2,1H3/t13-,14-/m1/s1. The van der Waals surface area contributed by atoms with Crippen molar-refractivity contribution in [2.45, 2.75) is 25.8 Å². The number of furan rings is 1. The average molecular weight is 313 g/mol. The van der Waals surface area contributed by atoms with Crippen LogP contribution in [0.15, 0.2) is 41.0 Å². The van der Waals surface area contributed by atoms with Crippen molar-refractivity contribution in [3.05, 3.63) is 47.9 Å². The minimum absolute atomic E-state index is 0.0371. The van der Waals surface area contributed by atoms with E-state index >= 15 is 0 Å². The maximum Gasteiger partial charge on any atom is 0.231 e. The predicted molar refractivity (Wildman–Crippen MR) is 83.2 cm³/mol. The molecule has 0 radical (unpaired) electrons. The van der Waals surface area contributed by atoms with E-state index in [1.807, 2.05) is 42.2 Å². The number of fused-ring (bicyclic) bond motifs is 1. The van der Waals surface area contributed by atoms with Crippen molar-refractivity contribution in [3.63, 3.8) is 0 Å². The van der Waals surface area contributed by atoms with Gasteiger partial charge in [0.05, 0.1) is 6.26 Å². The molecule has 120 valence electrons. The van der Waals surface area contributed by atoms with Crippen LogP contribution < -0.4 is 9.47 Å². The Morgan fingerprint density at radius 2 is 2.17 bits per heavy atom. The van der Waals surface area contributed by atoms with Crippen LogP contribution in [0.3, 0.4) is 0 Å². The highest BCUT2D eigenvalue weighted by Crippen LogP contribution is 2.49. The van der Waals surface area contributed by atoms with E-state index in [2.05, 4.69) is 0 Å². The van der Waals surface area contributed by atoms with Gasteiger partial charge in [0.25, 0.3) is 0 Å². The first-order valence-electron chi connectivity index (χ1n) is 7.97. The molecule has 1 aromatic carbocycles. The molecular weight excluding hydrogens is 294 g/mol. The van der Waals surface area contributed by atoms with Gasteiger partial charge in [-0.15, -0.1) is 0 Å². The van der Waals surface area contributed by atoms with Gasteiger partial charge in [-0.05, 0) is 31.5 Å². The molecule has 0 N–H and O–H groups in total. The zero-order chi connectivity index (χ0) is 15.8. The van der Waals surface area contributed by atoms with E-state index in [9.17, 15) is 4.79 Å². The van der Waals surface area contributed by atoms with Crippen molar-refractivity contribution in [1.29, 1.82) is 0 Å². The lowest BCUT2D eigenvalue weighted by Crippen LogP contribution is -2.32. The van der Waals surface area contributed by atoms with Crippen molar-refractivity contribution in [3.8, 4) is 11.5 Å². The number of carbonyl (C=O) groups is 1. The molecule has 2 heterocycles. The largest absolute Gasteiger partial charge is 0.469 e. The van der Waals surface area contributed by atoms with E-state index in [0.29, 0.717) is 13.1 Å². The second kappa shape index (κ2) is 5.65. The second-order valence-electron chi connectivity index (χ2n) is 5.97. The van der Waals surface area contributed by atoms with Crippen LogP contribution in [0.2, 0.25) is 0 Å². The summed E-state index contributed by atoms with van der Waals surface area (Å²) in [5.74, 6) is 2.88. The van der Waals surface area contributed by atoms with E-state index in [4.69, 9.17) is 13.9 Å². The molecule has 23 heavy (non-hydrogen) atoms. The van der Waals surface area contributed by atoms with Crippen LogP contribution in [0.4, 0.5) is 0 Å². The van der Waals surface area contributed by atoms with Gasteiger partial charge < -0.3 is 18.8 Å². The Labute approximate surface area is 134 Å². The van der Waals surface area contributed by atoms with Gasteiger partial charge in [-0.1, -0.05) is 12.1 Å². The summed E-state index contributed by atoms with van der Waals surface area (Å²) in [4.78, 5) is 14.6. The normalized spacial score (nSPS) is 21.3. The van der Waals surface area contributed by atoms with Crippen molar-refractivity contribution in [2.75, 3.05) is 13.3 Å². The summed E-state index contributed by atoms with van der Waals surface area (Å²) >= 11 is 0. The molecule has 1 aliphatic carbocycles. The van der Waals surface area contributed by atoms with Crippen LogP contribution in [0, 0.1) is 5.92 Å². The molecule has 2 aliphatic rings. The van der Waals surface area contributed by atoms with Crippen LogP contribution in [-0.2, 0) is 11.3 Å². The van der Waals surface area contributed by atoms with E-state index < -0.39 is 0 Å². The van der Waals surface area contributed by atoms with Crippen LogP contribution in [-0.4, -0.2) is 24.1 Å². The Morgan fingerprint density at radius 1 is 1.26 bits per heavy atom. The number of benzene rings is 1. The molecule has 1 aliphatic heterocycles. The van der Waals surface area contributed by atoms with E-state index in [1.54, 1.807) is 6.26 Å². The summed E-state index contributed by atoms with van der Waals surface area (Å²) in [6.07, 6.45) is 2.53. The number of nitrogens with zero attached hydrogens (tertiary/aromatic N) is 1. The van der Waals surface area contributed by atoms with Gasteiger partial charge in [-0.3, -0.25) is 4.79 Å². The Morgan fingerprint density at radius 3 is 2.96 bits per heavy atom. The monoisotopic (exact) mass is 313 g/mol. The van der Waals surface area contributed by atoms with E-state index in [0.717, 1.165) is 29.2 Å². The molecule has 0 spiro atoms. The van der Waals surface area contributed by atoms with Crippen LogP contribution in [0.1, 0.15) is 30.6 Å². The van der Waals surface area contributed by atoms with Crippen LogP contribution in [0.25, 0.3) is 0 Å². The number of amides is 1. The lowest BCUT2D eigenvalue weighted by molar-refractivity contribution is -0.133. The summed E-state index contributed by atoms with van der Waals surface area (Å²) < 4.78 is 16.4. The molecule has 0 bridgehead atoms. The maximum absolute atomic E-state index is 12.8. The first-order chi connectivity index (χ1) is 11.3. The van der Waals surface area contributed by atoms with Crippen molar-refractivity contribution in [2.24, 2.45) is 5.92 Å². The van der Waals surface area contributed by atoms with Crippen LogP contribution >= 0.6 is 0 Å². The van der Waals surface area contributed by atoms with Gasteiger partial charge in [0.15, 0.2) is 11.5 Å². The molecule has 2 atom stereocenters. The highest BCUT2D eigenvalue weighted by Gasteiger charge is 2.47. The lowest BCUT2D eigenvalue weighted by atomic mass is 10.1. The van der Waals surface area contributed by atoms with Crippen molar-refractivity contribution in [1.82, 2.24) is 4.90 Å². The molecule has 1 saturated carbocycles. The third kappa shape index (κ3) is 2.56. The zero-order valence-electron chi connectivity index (χ0n) is 13.0. The summed E-state index contributed by atoms with van der Waals surface area (Å²) in [5.41, 5.74) is 0.991. The van der Waals surface area contributed by atoms with E-state index in [-0.39, 0.29) is 24.5 Å². The smallest absolute Gasteiger partial charge is 0.231 e. The summed E-state index contributed by atoms with van der Waals surface area (Å²) in [6, 6.07) is 9.63. The summed E-state index contributed by atoms with van der Waals surface area (Å²) in [7, 11) is 0. The molecule has 0 saturated heterocycles. The SMILES string of the molecule is CCN(Cc1cccc2c1OCO2)C(=O)[C@@H]1C[C@H]1c1ccco1. The minimum Gasteiger partial charge on any atom is -0.469 e. The lowest BCUT2D eigenvalue weighted by Gasteiger charge is -2.22. The zero-order valence-corrected chi connectivity index (χ0v) is 13.0. The van der Waals surface area contributed by atoms with Gasteiger partial charge in [0.1, 0.15) is 5.76 Å². The Balaban J connectivity index is 1.47. The number of hydrogen-bond donors (Lipinski definition) is 0. The van der Waals surface area contributed by atoms with Crippen molar-refractivity contribution >= 4 is 5.91 Å². The number of ether oxygens (including phenoxy) is 2. The first kappa shape index (κ1) is 14.2. The molecule has 1 amide bonds. The van der Waals surface area contributed by atoms with Gasteiger partial charge in [-0.2, -0.15) is 0 Å². The molecular formula is C18H19NO4. The number of carbonyl (C=O) groups excluding carboxylic acids is 1. The highest BCUT2D eigenvalue weighted by atomic mass is 16.7. The minimum atomic E-state index is 0.0371. The van der Waals surface area contributed by atoms with Crippen LogP contribution in [0.5, 0.6) is 11.5 Å². The first-order valence-corrected chi connectivity index (χ1v) is 7.97. The predicted octanol–water partition coefficient (Wildman–Crippen LogP) is 3.16. The van der Waals surface area contributed by atoms with Gasteiger partial charge in [-0.25, -0.2) is 0 Å². The Hall–Kier alpha value is -2.43. The van der Waals surface area contributed by atoms with Crippen molar-refractivity contribution < 1.29 is 18.7 Å². The fourth-order valence-corrected chi connectivity index (χ4v) is 3.19. The van der Waals surface area contributed by atoms with Gasteiger partial charge >= 0.3 is 0 Å². The maximum atomic E-state index is 12.8. The molecule has 1 aromatic heterocycles. The Bertz CT molecular complexity index is 710. The molecule has 4 rings (SSSR count). The molecule has 5 nitrogen and oxygen atoms in total. The molecule has 1 fully saturated rings. The number of hydrogen-bond acceptors (Lipinski definition) is 4. The number of para-hydroxylation sites is 1. The van der Waals surface area contributed by atoms with E-state index in [1.165, 1.54) is 0 Å². The average Bonchev–Trinajstić information content (AvgIpc) is 3.00. The topological polar surface area (TPSA) is 51.9 Å². The second-order valence-corrected chi connectivity index (χ2v) is 5.97. The van der Waals surface area contributed by atoms with Gasteiger partial charge in [0.2, 0.25) is 12.7 Å². The van der Waals surface area contributed by atoms with Gasteiger partial charge in [0, 0.05) is 30.5 Å². The molecule has 2 aromatic rings. The highest BCUT2D eigenvalue weighted by molar-refractivity contribution is 5.83. The third-order valence-corrected chi connectivity index (χ3v) is 4.55.